The minimum absolute atomic E-state index is 0.285. The number of fused-ring (bicyclic) bond motifs is 5. The van der Waals surface area contributed by atoms with Crippen LogP contribution in [-0.4, -0.2) is 6.29 Å². The first-order valence-corrected chi connectivity index (χ1v) is 10.1. The van der Waals surface area contributed by atoms with Gasteiger partial charge in [-0.05, 0) is 98.2 Å². The molecule has 0 amide bonds. The molecular formula is C23H28O. The third kappa shape index (κ3) is 2.24. The molecule has 0 heterocycles. The Labute approximate surface area is 145 Å². The number of rotatable bonds is 1. The quantitative estimate of drug-likeness (QED) is 0.579. The van der Waals surface area contributed by atoms with Gasteiger partial charge in [0.1, 0.15) is 6.29 Å². The Bertz CT molecular complexity index is 674. The van der Waals surface area contributed by atoms with E-state index in [4.69, 9.17) is 0 Å². The highest BCUT2D eigenvalue weighted by Crippen LogP contribution is 2.53. The smallest absolute Gasteiger partial charge is 0.123 e. The van der Waals surface area contributed by atoms with E-state index in [1.54, 1.807) is 22.3 Å². The van der Waals surface area contributed by atoms with Gasteiger partial charge < -0.3 is 4.79 Å². The van der Waals surface area contributed by atoms with E-state index in [9.17, 15) is 4.79 Å². The van der Waals surface area contributed by atoms with E-state index in [1.165, 1.54) is 51.2 Å². The van der Waals surface area contributed by atoms with Crippen molar-refractivity contribution in [2.45, 2.75) is 57.8 Å². The minimum Gasteiger partial charge on any atom is -0.303 e. The molecule has 1 fully saturated rings. The molecule has 0 aromatic rings. The van der Waals surface area contributed by atoms with E-state index >= 15 is 0 Å². The average Bonchev–Trinajstić information content (AvgIpc) is 2.66. The number of hydrogen-bond donors (Lipinski definition) is 0. The number of aldehydes is 1. The molecule has 0 aromatic carbocycles. The van der Waals surface area contributed by atoms with Crippen LogP contribution < -0.4 is 0 Å². The summed E-state index contributed by atoms with van der Waals surface area (Å²) in [6.07, 6.45) is 22.5. The predicted molar refractivity (Wildman–Crippen MR) is 97.4 cm³/mol. The van der Waals surface area contributed by atoms with E-state index in [0.717, 1.165) is 36.5 Å². The van der Waals surface area contributed by atoms with Crippen LogP contribution in [0.2, 0.25) is 0 Å². The molecule has 1 heteroatoms. The molecule has 1 saturated carbocycles. The monoisotopic (exact) mass is 320 g/mol. The fraction of sp³-hybridized carbons (Fsp3) is 0.609. The maximum atomic E-state index is 11.3. The van der Waals surface area contributed by atoms with Gasteiger partial charge in [0.25, 0.3) is 0 Å². The lowest BCUT2D eigenvalue weighted by Gasteiger charge is -2.45. The van der Waals surface area contributed by atoms with Gasteiger partial charge in [0.05, 0.1) is 0 Å². The van der Waals surface area contributed by atoms with Gasteiger partial charge in [-0.3, -0.25) is 0 Å². The zero-order chi connectivity index (χ0) is 16.1. The van der Waals surface area contributed by atoms with Gasteiger partial charge in [-0.15, -0.1) is 0 Å². The highest BCUT2D eigenvalue weighted by molar-refractivity contribution is 5.56. The maximum absolute atomic E-state index is 11.3. The SMILES string of the molecule is O=CC1CCC2CCC3C(=C2C1)C=CC1=C2C=CCCC2CCC13. The Hall–Kier alpha value is -1.37. The molecule has 0 aromatic heterocycles. The van der Waals surface area contributed by atoms with E-state index in [-0.39, 0.29) is 5.92 Å². The Kier molecular flexibility index (Phi) is 3.65. The summed E-state index contributed by atoms with van der Waals surface area (Å²) in [5.41, 5.74) is 6.63. The van der Waals surface area contributed by atoms with E-state index in [2.05, 4.69) is 24.3 Å². The van der Waals surface area contributed by atoms with Crippen LogP contribution in [0.5, 0.6) is 0 Å². The fourth-order valence-electron chi connectivity index (χ4n) is 6.35. The standard InChI is InChI=1S/C23H28O/c24-14-15-5-6-17-8-10-21-20-9-7-16-3-1-2-4-18(16)19(20)11-12-22(21)23(17)13-15/h2,4,11-12,14-17,20-21H,1,3,5-10,13H2. The van der Waals surface area contributed by atoms with Crippen molar-refractivity contribution in [3.8, 4) is 0 Å². The molecule has 0 spiro atoms. The Morgan fingerprint density at radius 3 is 2.38 bits per heavy atom. The van der Waals surface area contributed by atoms with Crippen molar-refractivity contribution in [2.75, 3.05) is 0 Å². The summed E-state index contributed by atoms with van der Waals surface area (Å²) < 4.78 is 0. The summed E-state index contributed by atoms with van der Waals surface area (Å²) in [4.78, 5) is 11.3. The van der Waals surface area contributed by atoms with Crippen LogP contribution in [-0.2, 0) is 4.79 Å². The third-order valence-electron chi connectivity index (χ3n) is 7.56. The van der Waals surface area contributed by atoms with Crippen LogP contribution in [0, 0.1) is 29.6 Å². The van der Waals surface area contributed by atoms with Crippen molar-refractivity contribution in [2.24, 2.45) is 29.6 Å². The third-order valence-corrected chi connectivity index (χ3v) is 7.56. The van der Waals surface area contributed by atoms with Crippen molar-refractivity contribution in [1.29, 1.82) is 0 Å². The molecule has 0 saturated heterocycles. The Balaban J connectivity index is 1.57. The Morgan fingerprint density at radius 1 is 0.750 bits per heavy atom. The van der Waals surface area contributed by atoms with Crippen molar-refractivity contribution in [1.82, 2.24) is 0 Å². The summed E-state index contributed by atoms with van der Waals surface area (Å²) in [6, 6.07) is 0. The van der Waals surface area contributed by atoms with Crippen LogP contribution in [0.4, 0.5) is 0 Å². The second-order valence-corrected chi connectivity index (χ2v) is 8.64. The van der Waals surface area contributed by atoms with Gasteiger partial charge >= 0.3 is 0 Å². The number of carbonyl (C=O) groups is 1. The molecule has 0 radical (unpaired) electrons. The molecule has 0 aliphatic heterocycles. The topological polar surface area (TPSA) is 17.1 Å². The predicted octanol–water partition coefficient (Wildman–Crippen LogP) is 5.55. The lowest BCUT2D eigenvalue weighted by Crippen LogP contribution is -2.34. The van der Waals surface area contributed by atoms with E-state index in [1.807, 2.05) is 0 Å². The summed E-state index contributed by atoms with van der Waals surface area (Å²) in [6.45, 7) is 0. The van der Waals surface area contributed by atoms with Gasteiger partial charge in [-0.2, -0.15) is 0 Å². The van der Waals surface area contributed by atoms with Gasteiger partial charge in [-0.1, -0.05) is 29.9 Å². The highest BCUT2D eigenvalue weighted by Gasteiger charge is 2.41. The zero-order valence-electron chi connectivity index (χ0n) is 14.5. The lowest BCUT2D eigenvalue weighted by molar-refractivity contribution is -0.111. The molecule has 5 aliphatic rings. The van der Waals surface area contributed by atoms with Crippen molar-refractivity contribution < 1.29 is 4.79 Å². The summed E-state index contributed by atoms with van der Waals surface area (Å²) in [5, 5.41) is 0. The summed E-state index contributed by atoms with van der Waals surface area (Å²) in [5.74, 6) is 3.38. The number of allylic oxidation sites excluding steroid dienone is 8. The van der Waals surface area contributed by atoms with E-state index < -0.39 is 0 Å². The molecule has 24 heavy (non-hydrogen) atoms. The molecule has 0 N–H and O–H groups in total. The largest absolute Gasteiger partial charge is 0.303 e. The van der Waals surface area contributed by atoms with Gasteiger partial charge in [0.2, 0.25) is 0 Å². The van der Waals surface area contributed by atoms with Crippen LogP contribution >= 0.6 is 0 Å². The average molecular weight is 320 g/mol. The molecule has 5 rings (SSSR count). The first kappa shape index (κ1) is 14.9. The number of hydrogen-bond acceptors (Lipinski definition) is 1. The highest BCUT2D eigenvalue weighted by atomic mass is 16.1. The first-order valence-electron chi connectivity index (χ1n) is 10.1. The van der Waals surface area contributed by atoms with Crippen LogP contribution in [0.3, 0.4) is 0 Å². The van der Waals surface area contributed by atoms with Gasteiger partial charge in [0.15, 0.2) is 0 Å². The Morgan fingerprint density at radius 2 is 1.50 bits per heavy atom. The van der Waals surface area contributed by atoms with Crippen LogP contribution in [0.15, 0.2) is 46.6 Å². The number of carbonyl (C=O) groups excluding carboxylic acids is 1. The van der Waals surface area contributed by atoms with Crippen LogP contribution in [0.25, 0.3) is 0 Å². The maximum Gasteiger partial charge on any atom is 0.123 e. The summed E-state index contributed by atoms with van der Waals surface area (Å²) >= 11 is 0. The van der Waals surface area contributed by atoms with Crippen molar-refractivity contribution in [3.05, 3.63) is 46.6 Å². The van der Waals surface area contributed by atoms with Crippen molar-refractivity contribution >= 4 is 6.29 Å². The second kappa shape index (κ2) is 5.86. The fourth-order valence-corrected chi connectivity index (χ4v) is 6.35. The zero-order valence-corrected chi connectivity index (χ0v) is 14.5. The molecule has 5 atom stereocenters. The van der Waals surface area contributed by atoms with Gasteiger partial charge in [-0.25, -0.2) is 0 Å². The van der Waals surface area contributed by atoms with Crippen LogP contribution in [0.1, 0.15) is 57.8 Å². The molecule has 0 bridgehead atoms. The molecule has 126 valence electrons. The van der Waals surface area contributed by atoms with E-state index in [0.29, 0.717) is 0 Å². The first-order chi connectivity index (χ1) is 11.8. The second-order valence-electron chi connectivity index (χ2n) is 8.64. The summed E-state index contributed by atoms with van der Waals surface area (Å²) in [7, 11) is 0. The molecule has 1 nitrogen and oxygen atoms in total. The normalized spacial score (nSPS) is 40.6. The molecule has 5 aliphatic carbocycles. The van der Waals surface area contributed by atoms with Crippen molar-refractivity contribution in [3.63, 3.8) is 0 Å². The lowest BCUT2D eigenvalue weighted by atomic mass is 9.59. The minimum atomic E-state index is 0.285. The molecular weight excluding hydrogens is 292 g/mol. The van der Waals surface area contributed by atoms with Gasteiger partial charge in [0, 0.05) is 5.92 Å². The molecule has 5 unspecified atom stereocenters.